The largest absolute Gasteiger partial charge is 0.493 e. The third-order valence-corrected chi connectivity index (χ3v) is 6.24. The van der Waals surface area contributed by atoms with E-state index in [1.807, 2.05) is 0 Å². The van der Waals surface area contributed by atoms with Crippen molar-refractivity contribution < 1.29 is 27.8 Å². The first-order valence-electron chi connectivity index (χ1n) is 11.3. The molecule has 0 aliphatic heterocycles. The zero-order valence-electron chi connectivity index (χ0n) is 20.4. The number of benzene rings is 3. The van der Waals surface area contributed by atoms with Gasteiger partial charge in [-0.3, -0.25) is 4.79 Å². The Balaban J connectivity index is 1.22. The molecule has 0 saturated carbocycles. The second kappa shape index (κ2) is 13.8. The number of carbonyl (C=O) groups excluding carboxylic acids is 1. The van der Waals surface area contributed by atoms with Gasteiger partial charge in [0.25, 0.3) is 17.0 Å². The Morgan fingerprint density at radius 2 is 1.87 bits per heavy atom. The lowest BCUT2D eigenvalue weighted by Gasteiger charge is -2.11. The Bertz CT molecular complexity index is 1470. The summed E-state index contributed by atoms with van der Waals surface area (Å²) in [4.78, 5) is 12.2. The van der Waals surface area contributed by atoms with Crippen molar-refractivity contribution in [1.29, 1.82) is 0 Å². The lowest BCUT2D eigenvalue weighted by atomic mass is 10.2. The highest BCUT2D eigenvalue weighted by Gasteiger charge is 2.11. The van der Waals surface area contributed by atoms with Gasteiger partial charge in [0.2, 0.25) is 0 Å². The van der Waals surface area contributed by atoms with Crippen LogP contribution in [0.3, 0.4) is 0 Å². The lowest BCUT2D eigenvalue weighted by molar-refractivity contribution is -0.118. The van der Waals surface area contributed by atoms with E-state index in [0.29, 0.717) is 38.4 Å². The molecule has 4 aromatic rings. The summed E-state index contributed by atoms with van der Waals surface area (Å²) in [5.74, 6) is 0.893. The van der Waals surface area contributed by atoms with E-state index in [-0.39, 0.29) is 41.8 Å². The molecule has 0 aliphatic carbocycles. The molecule has 1 heterocycles. The van der Waals surface area contributed by atoms with E-state index in [1.165, 1.54) is 25.5 Å². The van der Waals surface area contributed by atoms with Crippen molar-refractivity contribution in [3.63, 3.8) is 0 Å². The number of methoxy groups -OCH3 is 1. The molecule has 0 atom stereocenters. The fourth-order valence-electron chi connectivity index (χ4n) is 3.10. The third-order valence-electron chi connectivity index (χ3n) is 4.89. The topological polar surface area (TPSA) is 108 Å². The quantitative estimate of drug-likeness (QED) is 0.123. The molecule has 0 spiro atoms. The second-order valence-corrected chi connectivity index (χ2v) is 9.51. The number of hydrogen-bond donors (Lipinski definition) is 1. The van der Waals surface area contributed by atoms with E-state index in [0.717, 1.165) is 11.8 Å². The molecule has 9 nitrogen and oxygen atoms in total. The molecule has 0 aliphatic rings. The van der Waals surface area contributed by atoms with Crippen LogP contribution < -0.4 is 19.6 Å². The molecule has 1 aromatic heterocycles. The summed E-state index contributed by atoms with van der Waals surface area (Å²) in [6, 6.07) is 16.1. The van der Waals surface area contributed by atoms with Gasteiger partial charge in [0.1, 0.15) is 18.2 Å². The minimum absolute atomic E-state index is 0.000970. The zero-order valence-corrected chi connectivity index (χ0v) is 22.7. The molecular weight excluding hydrogens is 570 g/mol. The number of aromatic nitrogens is 2. The maximum absolute atomic E-state index is 13.4. The Kier molecular flexibility index (Phi) is 10.0. The normalized spacial score (nSPS) is 11.0. The van der Waals surface area contributed by atoms with Crippen LogP contribution in [0.25, 0.3) is 0 Å². The molecule has 39 heavy (non-hydrogen) atoms. The number of thioether (sulfide) groups is 1. The first kappa shape index (κ1) is 28.2. The maximum atomic E-state index is 13.4. The minimum Gasteiger partial charge on any atom is -0.493 e. The summed E-state index contributed by atoms with van der Waals surface area (Å²) in [7, 11) is 1.51. The second-order valence-electron chi connectivity index (χ2n) is 7.74. The van der Waals surface area contributed by atoms with Gasteiger partial charge in [0, 0.05) is 5.02 Å². The number of rotatable bonds is 12. The summed E-state index contributed by atoms with van der Waals surface area (Å²) in [6.07, 6.45) is 1.46. The van der Waals surface area contributed by atoms with Crippen LogP contribution in [0.1, 0.15) is 17.0 Å². The number of amides is 1. The predicted octanol–water partition coefficient (Wildman–Crippen LogP) is 5.92. The third kappa shape index (κ3) is 8.60. The van der Waals surface area contributed by atoms with Crippen LogP contribution >= 0.6 is 35.0 Å². The average molecular weight is 591 g/mol. The molecule has 13 heteroatoms. The van der Waals surface area contributed by atoms with Gasteiger partial charge in [-0.05, 0) is 59.7 Å². The van der Waals surface area contributed by atoms with Gasteiger partial charge in [-0.15, -0.1) is 10.2 Å². The molecule has 0 fully saturated rings. The highest BCUT2D eigenvalue weighted by atomic mass is 35.5. The van der Waals surface area contributed by atoms with Crippen molar-refractivity contribution in [2.45, 2.75) is 18.4 Å². The fraction of sp³-hybridized carbons (Fsp3) is 0.154. The van der Waals surface area contributed by atoms with Crippen LogP contribution in [-0.2, 0) is 18.0 Å². The first-order valence-corrected chi connectivity index (χ1v) is 13.0. The summed E-state index contributed by atoms with van der Waals surface area (Å²) < 4.78 is 35.5. The number of nitrogens with zero attached hydrogens (tertiary/aromatic N) is 3. The number of hydrazone groups is 1. The zero-order chi connectivity index (χ0) is 27.6. The van der Waals surface area contributed by atoms with E-state index in [1.54, 1.807) is 48.5 Å². The highest BCUT2D eigenvalue weighted by Crippen LogP contribution is 2.29. The standard InChI is InChI=1S/C26H21Cl2FN4O5S/c1-35-23-10-16(5-7-22(23)36-13-17-3-2-4-19(29)9-17)12-30-31-24(34)15-39-26-33-32-25(38-26)14-37-21-8-6-18(27)11-20(21)28/h2-12H,13-15H2,1H3,(H,31,34)/b30-12-. The molecule has 0 saturated heterocycles. The molecule has 202 valence electrons. The van der Waals surface area contributed by atoms with Crippen LogP contribution in [-0.4, -0.2) is 35.2 Å². The van der Waals surface area contributed by atoms with Crippen molar-refractivity contribution in [2.24, 2.45) is 5.10 Å². The average Bonchev–Trinajstić information content (AvgIpc) is 3.38. The molecule has 0 bridgehead atoms. The van der Waals surface area contributed by atoms with Crippen LogP contribution in [0.4, 0.5) is 4.39 Å². The molecule has 0 unspecified atom stereocenters. The van der Waals surface area contributed by atoms with E-state index < -0.39 is 0 Å². The smallest absolute Gasteiger partial charge is 0.277 e. The summed E-state index contributed by atoms with van der Waals surface area (Å²) >= 11 is 13.0. The Hall–Kier alpha value is -3.80. The van der Waals surface area contributed by atoms with Crippen molar-refractivity contribution in [2.75, 3.05) is 12.9 Å². The summed E-state index contributed by atoms with van der Waals surface area (Å²) in [5, 5.41) is 12.8. The lowest BCUT2D eigenvalue weighted by Crippen LogP contribution is -2.19. The predicted molar refractivity (Wildman–Crippen MR) is 145 cm³/mol. The maximum Gasteiger partial charge on any atom is 0.277 e. The van der Waals surface area contributed by atoms with Crippen molar-refractivity contribution in [3.05, 3.63) is 93.5 Å². The Labute approximate surface area is 237 Å². The van der Waals surface area contributed by atoms with Gasteiger partial charge in [0.05, 0.1) is 24.1 Å². The van der Waals surface area contributed by atoms with E-state index >= 15 is 0 Å². The van der Waals surface area contributed by atoms with Gasteiger partial charge >= 0.3 is 0 Å². The molecule has 4 rings (SSSR count). The minimum atomic E-state index is -0.373. The van der Waals surface area contributed by atoms with Crippen LogP contribution in [0.2, 0.25) is 10.0 Å². The van der Waals surface area contributed by atoms with Crippen LogP contribution in [0, 0.1) is 5.82 Å². The molecule has 3 aromatic carbocycles. The van der Waals surface area contributed by atoms with Crippen molar-refractivity contribution in [1.82, 2.24) is 15.6 Å². The number of carbonyl (C=O) groups is 1. The van der Waals surface area contributed by atoms with Gasteiger partial charge in [-0.25, -0.2) is 9.82 Å². The molecule has 0 radical (unpaired) electrons. The van der Waals surface area contributed by atoms with Gasteiger partial charge in [0.15, 0.2) is 18.1 Å². The van der Waals surface area contributed by atoms with Gasteiger partial charge < -0.3 is 18.6 Å². The van der Waals surface area contributed by atoms with Crippen LogP contribution in [0.15, 0.2) is 75.4 Å². The molecular formula is C26H21Cl2FN4O5S. The Morgan fingerprint density at radius 3 is 2.67 bits per heavy atom. The SMILES string of the molecule is COc1cc(/C=N\NC(=O)CSc2nnc(COc3ccc(Cl)cc3Cl)o2)ccc1OCc1cccc(F)c1. The summed E-state index contributed by atoms with van der Waals surface area (Å²) in [6.45, 7) is 0.185. The summed E-state index contributed by atoms with van der Waals surface area (Å²) in [5.41, 5.74) is 3.79. The van der Waals surface area contributed by atoms with E-state index in [2.05, 4.69) is 20.7 Å². The highest BCUT2D eigenvalue weighted by molar-refractivity contribution is 7.99. The fourth-order valence-corrected chi connectivity index (χ4v) is 4.13. The van der Waals surface area contributed by atoms with Gasteiger partial charge in [-0.2, -0.15) is 5.10 Å². The first-order chi connectivity index (χ1) is 18.9. The molecule has 1 amide bonds. The molecule has 1 N–H and O–H groups in total. The van der Waals surface area contributed by atoms with Crippen LogP contribution in [0.5, 0.6) is 17.2 Å². The monoisotopic (exact) mass is 590 g/mol. The van der Waals surface area contributed by atoms with Crippen molar-refractivity contribution in [3.8, 4) is 17.2 Å². The number of ether oxygens (including phenoxy) is 3. The van der Waals surface area contributed by atoms with E-state index in [4.69, 9.17) is 41.8 Å². The number of nitrogens with one attached hydrogen (secondary N) is 1. The number of hydrogen-bond acceptors (Lipinski definition) is 9. The number of halogens is 3. The van der Waals surface area contributed by atoms with E-state index in [9.17, 15) is 9.18 Å². The van der Waals surface area contributed by atoms with Crippen molar-refractivity contribution >= 4 is 47.1 Å². The Morgan fingerprint density at radius 1 is 1.05 bits per heavy atom. The van der Waals surface area contributed by atoms with Gasteiger partial charge in [-0.1, -0.05) is 47.1 Å².